The maximum atomic E-state index is 11.7. The Hall–Kier alpha value is -1.97. The quantitative estimate of drug-likeness (QED) is 0.838. The standard InChI is InChI=1S/C15H20N2O2/c1-3-4-14-13(15(18)17-16-14)10-7-11-5-8-12(19-2)9-6-11/h5-6,8-9H,3-4,7,10H2,1-2H3,(H2,16,17,18). The van der Waals surface area contributed by atoms with Gasteiger partial charge in [0.25, 0.3) is 5.56 Å². The Morgan fingerprint density at radius 3 is 2.42 bits per heavy atom. The van der Waals surface area contributed by atoms with Crippen LogP contribution >= 0.6 is 0 Å². The molecule has 2 rings (SSSR count). The van der Waals surface area contributed by atoms with E-state index in [1.54, 1.807) is 7.11 Å². The fourth-order valence-electron chi connectivity index (χ4n) is 2.21. The first kappa shape index (κ1) is 13.5. The Morgan fingerprint density at radius 2 is 1.79 bits per heavy atom. The maximum Gasteiger partial charge on any atom is 0.267 e. The first-order valence-electron chi connectivity index (χ1n) is 6.66. The summed E-state index contributed by atoms with van der Waals surface area (Å²) in [5.41, 5.74) is 3.15. The van der Waals surface area contributed by atoms with Crippen LogP contribution in [0.15, 0.2) is 29.1 Å². The molecule has 0 bridgehead atoms. The average molecular weight is 260 g/mol. The lowest BCUT2D eigenvalue weighted by Crippen LogP contribution is -2.08. The number of aromatic amines is 2. The minimum atomic E-state index is 0.0111. The SMILES string of the molecule is CCCc1[nH][nH]c(=O)c1CCc1ccc(OC)cc1. The van der Waals surface area contributed by atoms with Gasteiger partial charge in [0.1, 0.15) is 5.75 Å². The molecular weight excluding hydrogens is 240 g/mol. The van der Waals surface area contributed by atoms with E-state index in [1.165, 1.54) is 5.56 Å². The lowest BCUT2D eigenvalue weighted by molar-refractivity contribution is 0.414. The van der Waals surface area contributed by atoms with Crippen molar-refractivity contribution in [2.45, 2.75) is 32.6 Å². The molecule has 1 heterocycles. The molecule has 0 saturated heterocycles. The van der Waals surface area contributed by atoms with Gasteiger partial charge in [0.2, 0.25) is 0 Å². The van der Waals surface area contributed by atoms with Gasteiger partial charge in [0, 0.05) is 11.3 Å². The van der Waals surface area contributed by atoms with Gasteiger partial charge >= 0.3 is 0 Å². The van der Waals surface area contributed by atoms with E-state index >= 15 is 0 Å². The second kappa shape index (κ2) is 6.27. The fraction of sp³-hybridized carbons (Fsp3) is 0.400. The van der Waals surface area contributed by atoms with Crippen LogP contribution in [-0.4, -0.2) is 17.3 Å². The minimum absolute atomic E-state index is 0.0111. The third kappa shape index (κ3) is 3.28. The monoisotopic (exact) mass is 260 g/mol. The van der Waals surface area contributed by atoms with Gasteiger partial charge < -0.3 is 9.84 Å². The third-order valence-electron chi connectivity index (χ3n) is 3.29. The highest BCUT2D eigenvalue weighted by molar-refractivity contribution is 5.28. The van der Waals surface area contributed by atoms with Crippen LogP contribution in [0.4, 0.5) is 0 Å². The van der Waals surface area contributed by atoms with Gasteiger partial charge in [-0.15, -0.1) is 0 Å². The van der Waals surface area contributed by atoms with Crippen LogP contribution < -0.4 is 10.3 Å². The summed E-state index contributed by atoms with van der Waals surface area (Å²) >= 11 is 0. The van der Waals surface area contributed by atoms with Crippen molar-refractivity contribution in [2.24, 2.45) is 0 Å². The van der Waals surface area contributed by atoms with Crippen molar-refractivity contribution in [3.63, 3.8) is 0 Å². The highest BCUT2D eigenvalue weighted by atomic mass is 16.5. The van der Waals surface area contributed by atoms with Crippen molar-refractivity contribution in [1.29, 1.82) is 0 Å². The van der Waals surface area contributed by atoms with Crippen molar-refractivity contribution >= 4 is 0 Å². The topological polar surface area (TPSA) is 57.9 Å². The number of aromatic nitrogens is 2. The van der Waals surface area contributed by atoms with Crippen molar-refractivity contribution in [3.05, 3.63) is 51.4 Å². The van der Waals surface area contributed by atoms with Crippen LogP contribution in [0.1, 0.15) is 30.2 Å². The second-order valence-corrected chi connectivity index (χ2v) is 4.63. The van der Waals surface area contributed by atoms with E-state index in [4.69, 9.17) is 4.74 Å². The Bertz CT molecular complexity index is 567. The number of nitrogens with one attached hydrogen (secondary N) is 2. The second-order valence-electron chi connectivity index (χ2n) is 4.63. The highest BCUT2D eigenvalue weighted by Crippen LogP contribution is 2.13. The third-order valence-corrected chi connectivity index (χ3v) is 3.29. The summed E-state index contributed by atoms with van der Waals surface area (Å²) in [6.45, 7) is 2.11. The van der Waals surface area contributed by atoms with Crippen LogP contribution in [0.2, 0.25) is 0 Å². The minimum Gasteiger partial charge on any atom is -0.497 e. The van der Waals surface area contributed by atoms with E-state index in [-0.39, 0.29) is 5.56 Å². The zero-order chi connectivity index (χ0) is 13.7. The summed E-state index contributed by atoms with van der Waals surface area (Å²) in [5, 5.41) is 5.65. The molecule has 0 aliphatic rings. The molecule has 1 aromatic heterocycles. The summed E-state index contributed by atoms with van der Waals surface area (Å²) in [5.74, 6) is 0.856. The number of hydrogen-bond donors (Lipinski definition) is 2. The number of ether oxygens (including phenoxy) is 1. The molecular formula is C15H20N2O2. The van der Waals surface area contributed by atoms with Gasteiger partial charge in [0.15, 0.2) is 0 Å². The first-order valence-corrected chi connectivity index (χ1v) is 6.66. The summed E-state index contributed by atoms with van der Waals surface area (Å²) in [7, 11) is 1.66. The van der Waals surface area contributed by atoms with Crippen LogP contribution in [0.25, 0.3) is 0 Å². The average Bonchev–Trinajstić information content (AvgIpc) is 2.78. The largest absolute Gasteiger partial charge is 0.497 e. The summed E-state index contributed by atoms with van der Waals surface area (Å²) < 4.78 is 5.13. The lowest BCUT2D eigenvalue weighted by Gasteiger charge is -2.04. The van der Waals surface area contributed by atoms with Gasteiger partial charge in [-0.1, -0.05) is 25.5 Å². The normalized spacial score (nSPS) is 10.6. The van der Waals surface area contributed by atoms with E-state index in [0.717, 1.165) is 42.7 Å². The number of methoxy groups -OCH3 is 1. The van der Waals surface area contributed by atoms with Crippen LogP contribution in [0.5, 0.6) is 5.75 Å². The predicted octanol–water partition coefficient (Wildman–Crippen LogP) is 2.45. The summed E-state index contributed by atoms with van der Waals surface area (Å²) in [4.78, 5) is 11.7. The van der Waals surface area contributed by atoms with Gasteiger partial charge in [-0.25, -0.2) is 0 Å². The molecule has 0 atom stereocenters. The van der Waals surface area contributed by atoms with Crippen molar-refractivity contribution in [1.82, 2.24) is 10.2 Å². The molecule has 1 aromatic carbocycles. The molecule has 0 amide bonds. The lowest BCUT2D eigenvalue weighted by atomic mass is 10.0. The fourth-order valence-corrected chi connectivity index (χ4v) is 2.21. The summed E-state index contributed by atoms with van der Waals surface area (Å²) in [6.07, 6.45) is 3.57. The molecule has 4 heteroatoms. The van der Waals surface area contributed by atoms with Crippen molar-refractivity contribution in [2.75, 3.05) is 7.11 Å². The summed E-state index contributed by atoms with van der Waals surface area (Å²) in [6, 6.07) is 7.98. The molecule has 2 N–H and O–H groups in total. The van der Waals surface area contributed by atoms with E-state index in [1.807, 2.05) is 24.3 Å². The number of rotatable bonds is 6. The molecule has 0 fully saturated rings. The molecule has 19 heavy (non-hydrogen) atoms. The van der Waals surface area contributed by atoms with Gasteiger partial charge in [-0.2, -0.15) is 0 Å². The first-order chi connectivity index (χ1) is 9.24. The molecule has 4 nitrogen and oxygen atoms in total. The Balaban J connectivity index is 2.05. The Morgan fingerprint density at radius 1 is 1.05 bits per heavy atom. The molecule has 0 unspecified atom stereocenters. The molecule has 0 aliphatic carbocycles. The van der Waals surface area contributed by atoms with E-state index in [2.05, 4.69) is 17.1 Å². The van der Waals surface area contributed by atoms with Gasteiger partial charge in [0.05, 0.1) is 7.11 Å². The Kier molecular flexibility index (Phi) is 4.44. The van der Waals surface area contributed by atoms with E-state index in [0.29, 0.717) is 0 Å². The number of hydrogen-bond acceptors (Lipinski definition) is 2. The van der Waals surface area contributed by atoms with Gasteiger partial charge in [-0.05, 0) is 37.0 Å². The highest BCUT2D eigenvalue weighted by Gasteiger charge is 2.09. The molecule has 0 radical (unpaired) electrons. The predicted molar refractivity (Wildman–Crippen MR) is 75.8 cm³/mol. The van der Waals surface area contributed by atoms with E-state index in [9.17, 15) is 4.79 Å². The molecule has 0 saturated carbocycles. The van der Waals surface area contributed by atoms with Gasteiger partial charge in [-0.3, -0.25) is 9.89 Å². The zero-order valence-corrected chi connectivity index (χ0v) is 11.5. The zero-order valence-electron chi connectivity index (χ0n) is 11.5. The number of aryl methyl sites for hydroxylation is 2. The van der Waals surface area contributed by atoms with Crippen molar-refractivity contribution in [3.8, 4) is 5.75 Å². The maximum absolute atomic E-state index is 11.7. The van der Waals surface area contributed by atoms with Crippen LogP contribution in [0.3, 0.4) is 0 Å². The molecule has 102 valence electrons. The number of H-pyrrole nitrogens is 2. The van der Waals surface area contributed by atoms with Crippen molar-refractivity contribution < 1.29 is 4.74 Å². The Labute approximate surface area is 112 Å². The molecule has 2 aromatic rings. The number of benzene rings is 1. The molecule has 0 spiro atoms. The molecule has 0 aliphatic heterocycles. The smallest absolute Gasteiger partial charge is 0.267 e. The van der Waals surface area contributed by atoms with E-state index < -0.39 is 0 Å². The van der Waals surface area contributed by atoms with Crippen LogP contribution in [-0.2, 0) is 19.3 Å². The van der Waals surface area contributed by atoms with Crippen LogP contribution in [0, 0.1) is 0 Å².